The van der Waals surface area contributed by atoms with Crippen LogP contribution >= 0.6 is 11.8 Å². The predicted octanol–water partition coefficient (Wildman–Crippen LogP) is 4.67. The van der Waals surface area contributed by atoms with Gasteiger partial charge < -0.3 is 4.42 Å². The smallest absolute Gasteiger partial charge is 0.164 e. The minimum absolute atomic E-state index is 0.407. The summed E-state index contributed by atoms with van der Waals surface area (Å²) in [6, 6.07) is 3.92. The van der Waals surface area contributed by atoms with Gasteiger partial charge in [0.1, 0.15) is 5.78 Å². The van der Waals surface area contributed by atoms with Crippen molar-refractivity contribution in [2.45, 2.75) is 44.6 Å². The molecule has 0 amide bonds. The molecular formula is C16H20O2S. The highest BCUT2D eigenvalue weighted by molar-refractivity contribution is 8.03. The minimum Gasteiger partial charge on any atom is -0.458 e. The molecule has 1 aromatic rings. The minimum atomic E-state index is 0.407. The van der Waals surface area contributed by atoms with Crippen molar-refractivity contribution >= 4 is 17.5 Å². The van der Waals surface area contributed by atoms with Gasteiger partial charge in [-0.2, -0.15) is 0 Å². The quantitative estimate of drug-likeness (QED) is 0.803. The zero-order chi connectivity index (χ0) is 13.4. The molecule has 0 aromatic carbocycles. The van der Waals surface area contributed by atoms with Gasteiger partial charge in [0.2, 0.25) is 0 Å². The normalized spacial score (nSPS) is 31.5. The second-order valence-electron chi connectivity index (χ2n) is 5.91. The van der Waals surface area contributed by atoms with Crippen LogP contribution in [-0.2, 0) is 4.79 Å². The molecule has 0 spiro atoms. The molecule has 0 bridgehead atoms. The van der Waals surface area contributed by atoms with E-state index >= 15 is 0 Å². The number of furan rings is 1. The monoisotopic (exact) mass is 276 g/mol. The number of hydrogen-bond acceptors (Lipinski definition) is 3. The van der Waals surface area contributed by atoms with Crippen molar-refractivity contribution in [1.29, 1.82) is 0 Å². The molecule has 2 aliphatic carbocycles. The second kappa shape index (κ2) is 5.20. The Hall–Kier alpha value is -0.960. The molecule has 0 aliphatic heterocycles. The summed E-state index contributed by atoms with van der Waals surface area (Å²) in [7, 11) is 0. The van der Waals surface area contributed by atoms with Crippen molar-refractivity contribution in [3.8, 4) is 0 Å². The van der Waals surface area contributed by atoms with Crippen LogP contribution < -0.4 is 0 Å². The Balaban J connectivity index is 1.88. The third-order valence-corrected chi connectivity index (χ3v) is 5.61. The van der Waals surface area contributed by atoms with Gasteiger partial charge in [0, 0.05) is 12.8 Å². The molecule has 2 aliphatic rings. The molecule has 3 heteroatoms. The summed E-state index contributed by atoms with van der Waals surface area (Å²) in [5.41, 5.74) is 1.41. The molecule has 0 N–H and O–H groups in total. The van der Waals surface area contributed by atoms with Gasteiger partial charge >= 0.3 is 0 Å². The average molecular weight is 276 g/mol. The molecule has 0 saturated heterocycles. The van der Waals surface area contributed by atoms with Crippen LogP contribution in [0.25, 0.3) is 0 Å². The van der Waals surface area contributed by atoms with E-state index in [4.69, 9.17) is 4.42 Å². The highest BCUT2D eigenvalue weighted by Crippen LogP contribution is 2.50. The van der Waals surface area contributed by atoms with E-state index in [0.29, 0.717) is 24.5 Å². The maximum Gasteiger partial charge on any atom is 0.164 e. The fourth-order valence-electron chi connectivity index (χ4n) is 3.61. The van der Waals surface area contributed by atoms with E-state index < -0.39 is 0 Å². The van der Waals surface area contributed by atoms with Crippen molar-refractivity contribution in [2.24, 2.45) is 17.8 Å². The number of hydrogen-bond donors (Lipinski definition) is 0. The molecule has 0 radical (unpaired) electrons. The lowest BCUT2D eigenvalue weighted by Crippen LogP contribution is -2.36. The Morgan fingerprint density at radius 2 is 2.05 bits per heavy atom. The first-order valence-electron chi connectivity index (χ1n) is 7.10. The first-order chi connectivity index (χ1) is 9.15. The van der Waals surface area contributed by atoms with Gasteiger partial charge in [-0.1, -0.05) is 25.6 Å². The number of ketones is 1. The van der Waals surface area contributed by atoms with E-state index in [1.807, 2.05) is 12.1 Å². The Morgan fingerprint density at radius 3 is 2.68 bits per heavy atom. The predicted molar refractivity (Wildman–Crippen MR) is 76.9 cm³/mol. The lowest BCUT2D eigenvalue weighted by Gasteiger charge is -2.44. The zero-order valence-corrected chi connectivity index (χ0v) is 12.3. The lowest BCUT2D eigenvalue weighted by atomic mass is 9.61. The molecular weight excluding hydrogens is 256 g/mol. The number of rotatable bonds is 3. The van der Waals surface area contributed by atoms with Crippen LogP contribution in [0.2, 0.25) is 0 Å². The van der Waals surface area contributed by atoms with E-state index in [2.05, 4.69) is 13.8 Å². The van der Waals surface area contributed by atoms with E-state index in [1.54, 1.807) is 18.0 Å². The van der Waals surface area contributed by atoms with E-state index in [-0.39, 0.29) is 0 Å². The summed E-state index contributed by atoms with van der Waals surface area (Å²) in [5.74, 6) is 2.47. The number of carbonyl (C=O) groups is 1. The number of carbonyl (C=O) groups excluding carboxylic acids is 1. The van der Waals surface area contributed by atoms with Crippen molar-refractivity contribution in [1.82, 2.24) is 0 Å². The molecule has 19 heavy (non-hydrogen) atoms. The summed E-state index contributed by atoms with van der Waals surface area (Å²) < 4.78 is 5.44. The summed E-state index contributed by atoms with van der Waals surface area (Å²) in [6.45, 7) is 4.62. The van der Waals surface area contributed by atoms with Gasteiger partial charge in [-0.3, -0.25) is 4.79 Å². The summed E-state index contributed by atoms with van der Waals surface area (Å²) in [4.78, 5) is 13.2. The maximum atomic E-state index is 11.8. The fourth-order valence-corrected chi connectivity index (χ4v) is 4.64. The van der Waals surface area contributed by atoms with Crippen LogP contribution in [0.5, 0.6) is 0 Å². The van der Waals surface area contributed by atoms with E-state index in [1.165, 1.54) is 16.9 Å². The third-order valence-electron chi connectivity index (χ3n) is 4.47. The first kappa shape index (κ1) is 13.0. The van der Waals surface area contributed by atoms with Gasteiger partial charge in [0.05, 0.1) is 6.26 Å². The van der Waals surface area contributed by atoms with Crippen molar-refractivity contribution in [3.05, 3.63) is 28.9 Å². The Labute approximate surface area is 118 Å². The SMILES string of the molecule is CC1CC(C)C1C1=C(Sc2ccco2)CCC(=O)C1. The number of allylic oxidation sites excluding steroid dienone is 2. The Kier molecular flexibility index (Phi) is 3.57. The van der Waals surface area contributed by atoms with Crippen LogP contribution in [0, 0.1) is 17.8 Å². The molecule has 2 unspecified atom stereocenters. The first-order valence-corrected chi connectivity index (χ1v) is 7.91. The molecule has 1 aromatic heterocycles. The van der Waals surface area contributed by atoms with E-state index in [0.717, 1.165) is 23.3 Å². The fraction of sp³-hybridized carbons (Fsp3) is 0.562. The zero-order valence-electron chi connectivity index (χ0n) is 11.5. The van der Waals surface area contributed by atoms with Crippen molar-refractivity contribution in [2.75, 3.05) is 0 Å². The summed E-state index contributed by atoms with van der Waals surface area (Å²) in [6.07, 6.45) is 5.27. The van der Waals surface area contributed by atoms with Gasteiger partial charge in [0.25, 0.3) is 0 Å². The van der Waals surface area contributed by atoms with Gasteiger partial charge in [-0.05, 0) is 53.2 Å². The van der Waals surface area contributed by atoms with Crippen LogP contribution in [0.15, 0.2) is 38.4 Å². The molecule has 1 heterocycles. The van der Waals surface area contributed by atoms with Crippen LogP contribution in [-0.4, -0.2) is 5.78 Å². The molecule has 2 atom stereocenters. The van der Waals surface area contributed by atoms with Crippen LogP contribution in [0.4, 0.5) is 0 Å². The topological polar surface area (TPSA) is 30.2 Å². The largest absolute Gasteiger partial charge is 0.458 e. The highest BCUT2D eigenvalue weighted by Gasteiger charge is 2.40. The Bertz CT molecular complexity index is 493. The second-order valence-corrected chi connectivity index (χ2v) is 7.01. The summed E-state index contributed by atoms with van der Waals surface area (Å²) in [5, 5.41) is 0.946. The lowest BCUT2D eigenvalue weighted by molar-refractivity contribution is -0.119. The van der Waals surface area contributed by atoms with Crippen molar-refractivity contribution < 1.29 is 9.21 Å². The van der Waals surface area contributed by atoms with Crippen LogP contribution in [0.1, 0.15) is 39.5 Å². The highest BCUT2D eigenvalue weighted by atomic mass is 32.2. The molecule has 3 rings (SSSR count). The average Bonchev–Trinajstić information content (AvgIpc) is 2.85. The van der Waals surface area contributed by atoms with Crippen LogP contribution in [0.3, 0.4) is 0 Å². The van der Waals surface area contributed by atoms with Gasteiger partial charge in [0.15, 0.2) is 5.09 Å². The standard InChI is InChI=1S/C16H20O2S/c1-10-8-11(2)16(10)13-9-12(17)5-6-14(13)19-15-4-3-7-18-15/h3-4,7,10-11,16H,5-6,8-9H2,1-2H3. The number of thioether (sulfide) groups is 1. The molecule has 1 fully saturated rings. The third kappa shape index (κ3) is 2.53. The maximum absolute atomic E-state index is 11.8. The van der Waals surface area contributed by atoms with Gasteiger partial charge in [-0.25, -0.2) is 0 Å². The summed E-state index contributed by atoms with van der Waals surface area (Å²) >= 11 is 1.72. The number of Topliss-reactive ketones (excluding diaryl/α,β-unsaturated/α-hetero) is 1. The molecule has 2 nitrogen and oxygen atoms in total. The van der Waals surface area contributed by atoms with Gasteiger partial charge in [-0.15, -0.1) is 0 Å². The Morgan fingerprint density at radius 1 is 1.26 bits per heavy atom. The molecule has 102 valence electrons. The molecule has 1 saturated carbocycles. The van der Waals surface area contributed by atoms with E-state index in [9.17, 15) is 4.79 Å². The van der Waals surface area contributed by atoms with Crippen molar-refractivity contribution in [3.63, 3.8) is 0 Å².